The molecule has 27 atom stereocenters. The number of aliphatic hydroxyl groups is 1. The third-order valence-corrected chi connectivity index (χ3v) is 41.7. The molecule has 0 radical (unpaired) electrons. The van der Waals surface area contributed by atoms with Crippen LogP contribution < -0.4 is 10.6 Å². The first kappa shape index (κ1) is 85.6. The van der Waals surface area contributed by atoms with Gasteiger partial charge in [0.1, 0.15) is 5.78 Å². The molecule has 127 heavy (non-hydrogen) atoms. The van der Waals surface area contributed by atoms with Crippen molar-refractivity contribution in [2.24, 2.45) is 149 Å². The van der Waals surface area contributed by atoms with Crippen LogP contribution in [0.1, 0.15) is 288 Å². The van der Waals surface area contributed by atoms with Crippen LogP contribution in [-0.2, 0) is 14.4 Å². The normalized spacial score (nSPS) is 43.7. The zero-order valence-corrected chi connectivity index (χ0v) is 78.4. The number of carbonyl (C=O) groups excluding carboxylic acids is 3. The molecule has 3 N–H and O–H groups in total. The lowest BCUT2D eigenvalue weighted by Crippen LogP contribution is -2.51. The molecule has 676 valence electrons. The minimum Gasteiger partial charge on any atom is -0.393 e. The minimum absolute atomic E-state index is 0.0604. The molecule has 0 aromatic carbocycles. The molecule has 0 spiro atoms. The van der Waals surface area contributed by atoms with Gasteiger partial charge in [0, 0.05) is 120 Å². The lowest BCUT2D eigenvalue weighted by atomic mass is 9.46. The molecule has 13 saturated carbocycles. The van der Waals surface area contributed by atoms with E-state index in [0.717, 1.165) is 100.0 Å². The molecule has 5 aromatic heterocycles. The highest BCUT2D eigenvalue weighted by atomic mass is 16.3. The van der Waals surface area contributed by atoms with Crippen molar-refractivity contribution in [3.8, 4) is 0 Å². The number of Topliss-reactive ketones (excluding diaryl/α,β-unsaturated/α-hetero) is 1. The molecule has 2 saturated heterocycles. The van der Waals surface area contributed by atoms with Crippen LogP contribution in [0.2, 0.25) is 0 Å². The van der Waals surface area contributed by atoms with Crippen LogP contribution in [0.4, 0.5) is 0 Å². The largest absolute Gasteiger partial charge is 0.393 e. The third kappa shape index (κ3) is 13.8. The van der Waals surface area contributed by atoms with Crippen LogP contribution in [0.5, 0.6) is 0 Å². The van der Waals surface area contributed by atoms with Gasteiger partial charge in [-0.1, -0.05) is 151 Å². The summed E-state index contributed by atoms with van der Waals surface area (Å²) in [6, 6.07) is 0. The van der Waals surface area contributed by atoms with Crippen molar-refractivity contribution in [3.05, 3.63) is 170 Å². The predicted molar refractivity (Wildman–Crippen MR) is 500 cm³/mol. The molecular weight excluding hydrogens is 1570 g/mol. The minimum atomic E-state index is -0.0604. The molecule has 18 heteroatoms. The monoisotopic (exact) mass is 1720 g/mol. The van der Waals surface area contributed by atoms with Gasteiger partial charge in [0.15, 0.2) is 0 Å². The van der Waals surface area contributed by atoms with Crippen molar-refractivity contribution in [2.75, 3.05) is 13.1 Å². The second-order valence-electron chi connectivity index (χ2n) is 47.0. The summed E-state index contributed by atoms with van der Waals surface area (Å²) >= 11 is 0. The Morgan fingerprint density at radius 2 is 0.701 bits per heavy atom. The van der Waals surface area contributed by atoms with Crippen LogP contribution in [0.25, 0.3) is 28.5 Å². The quantitative estimate of drug-likeness (QED) is 0.151. The molecule has 18 nitrogen and oxygen atoms in total. The number of hydrogen-bond donors (Lipinski definition) is 3. The molecule has 0 bridgehead atoms. The van der Waals surface area contributed by atoms with Crippen molar-refractivity contribution in [2.45, 2.75) is 294 Å². The average Bonchev–Trinajstić information content (AvgIpc) is 1.08. The lowest BCUT2D eigenvalue weighted by molar-refractivity contribution is -0.130. The second kappa shape index (κ2) is 32.1. The number of rotatable bonds is 5. The van der Waals surface area contributed by atoms with Crippen molar-refractivity contribution in [3.63, 3.8) is 0 Å². The topological polar surface area (TPSA) is 210 Å². The molecule has 18 aliphatic carbocycles. The molecular formula is C109H146N14O4. The van der Waals surface area contributed by atoms with Gasteiger partial charge < -0.3 is 29.4 Å². The molecule has 5 aromatic rings. The summed E-state index contributed by atoms with van der Waals surface area (Å²) in [6.45, 7) is 29.0. The van der Waals surface area contributed by atoms with E-state index in [9.17, 15) is 19.5 Å². The maximum Gasteiger partial charge on any atom is 0.220 e. The van der Waals surface area contributed by atoms with Crippen LogP contribution in [0.15, 0.2) is 170 Å². The Balaban J connectivity index is 0.0000000967. The van der Waals surface area contributed by atoms with Crippen LogP contribution in [0, 0.1) is 149 Å². The van der Waals surface area contributed by atoms with E-state index >= 15 is 0 Å². The zero-order chi connectivity index (χ0) is 87.6. The number of carbonyl (C=O) groups is 3. The number of amides is 2. The Kier molecular flexibility index (Phi) is 21.7. The fourth-order valence-corrected chi connectivity index (χ4v) is 34.3. The molecule has 20 aliphatic rings. The summed E-state index contributed by atoms with van der Waals surface area (Å²) < 4.78 is 10.6. The van der Waals surface area contributed by atoms with E-state index in [2.05, 4.69) is 215 Å². The van der Waals surface area contributed by atoms with Crippen molar-refractivity contribution < 1.29 is 19.5 Å². The number of nitrogens with zero attached hydrogens (tertiary/aromatic N) is 12. The maximum atomic E-state index is 12.1. The van der Waals surface area contributed by atoms with Gasteiger partial charge >= 0.3 is 0 Å². The first-order chi connectivity index (χ1) is 61.1. The van der Waals surface area contributed by atoms with Gasteiger partial charge in [-0.05, 0) is 332 Å². The van der Waals surface area contributed by atoms with Gasteiger partial charge in [0.05, 0.1) is 61.3 Å². The Hall–Kier alpha value is -8.12. The zero-order valence-electron chi connectivity index (χ0n) is 78.4. The third-order valence-electron chi connectivity index (χ3n) is 41.7. The van der Waals surface area contributed by atoms with Gasteiger partial charge in [-0.2, -0.15) is 0 Å². The van der Waals surface area contributed by atoms with E-state index in [0.29, 0.717) is 98.5 Å². The van der Waals surface area contributed by atoms with Gasteiger partial charge in [-0.25, -0.2) is 24.3 Å². The first-order valence-corrected chi connectivity index (χ1v) is 50.7. The van der Waals surface area contributed by atoms with Gasteiger partial charge in [0.2, 0.25) is 11.8 Å². The van der Waals surface area contributed by atoms with Crippen molar-refractivity contribution in [1.82, 2.24) is 69.3 Å². The SMILES string of the molecule is C[C@H]1CC[C@@]2(C)[C@@H](CC[C@H]3C4=CC=C(n5ccnn5)[C@@]4(C)CC[C@@H]32)C1.C[C@]12CC[C@H]3[C@@H](CC[C@H]4CC(=O)CC[C@@]43C)C1=CC=C2n1ccnc1.C[C@]12CC[C@H]3[C@@H](CC[C@H]4CC(=O)NCC[C@@]43C)C1=CC=C2n1ccnc1.C[C@]12CC[C@H]3[C@@H](CC[C@H]4CNC(=O)CC[C@@]43C)C1=CC=C2n1ccnc1.C[C@]12CC[C@H]3[C@@H](CC[C@H]4C[C@@H](O)CC[C@@]43C)C1=CC=C2n1ccnn1. The van der Waals surface area contributed by atoms with E-state index in [4.69, 9.17) is 0 Å². The lowest BCUT2D eigenvalue weighted by Gasteiger charge is -2.59. The van der Waals surface area contributed by atoms with E-state index in [1.54, 1.807) is 40.3 Å². The van der Waals surface area contributed by atoms with E-state index in [-0.39, 0.29) is 45.0 Å². The van der Waals surface area contributed by atoms with Crippen LogP contribution in [-0.4, -0.2) is 101 Å². The summed E-state index contributed by atoms with van der Waals surface area (Å²) in [5.41, 5.74) is 17.8. The fourth-order valence-electron chi connectivity index (χ4n) is 34.3. The second-order valence-corrected chi connectivity index (χ2v) is 47.0. The number of hydrogen-bond acceptors (Lipinski definition) is 11. The average molecular weight is 1720 g/mol. The number of fused-ring (bicyclic) bond motifs is 25. The van der Waals surface area contributed by atoms with E-state index in [1.807, 2.05) is 59.3 Å². The molecule has 2 aliphatic heterocycles. The number of ketones is 1. The summed E-state index contributed by atoms with van der Waals surface area (Å²) in [6.07, 6.45) is 88.2. The Labute approximate surface area is 756 Å². The van der Waals surface area contributed by atoms with Gasteiger partial charge in [-0.3, -0.25) is 14.4 Å². The number of allylic oxidation sites excluding steroid dienone is 20. The number of aliphatic hydroxyl groups excluding tert-OH is 1. The summed E-state index contributed by atoms with van der Waals surface area (Å²) in [4.78, 5) is 48.9. The molecule has 15 fully saturated rings. The number of nitrogens with one attached hydrogen (secondary N) is 2. The summed E-state index contributed by atoms with van der Waals surface area (Å²) in [5, 5.41) is 33.1. The molecule has 25 rings (SSSR count). The number of imidazole rings is 3. The smallest absolute Gasteiger partial charge is 0.220 e. The Morgan fingerprint density at radius 1 is 0.339 bits per heavy atom. The van der Waals surface area contributed by atoms with E-state index < -0.39 is 0 Å². The highest BCUT2D eigenvalue weighted by Crippen LogP contribution is 2.72. The highest BCUT2D eigenvalue weighted by Gasteiger charge is 2.63. The Morgan fingerprint density at radius 3 is 1.12 bits per heavy atom. The fraction of sp³-hybridized carbons (Fsp3) is 0.670. The van der Waals surface area contributed by atoms with Gasteiger partial charge in [-0.15, -0.1) is 10.2 Å². The van der Waals surface area contributed by atoms with Crippen LogP contribution >= 0.6 is 0 Å². The number of aromatic nitrogens is 12. The van der Waals surface area contributed by atoms with Crippen molar-refractivity contribution >= 4 is 46.1 Å². The standard InChI is InChI=1S/2C22H29N3O.C22H31N3.C22H28N2O.C21H29N3O/c1-21-10-8-20(26)24-13-15(21)3-4-16-17-5-6-19(25-12-11-23-14-25)22(17,2)9-7-18(16)21;1-21-9-10-24-20(26)13-15(21)3-4-16-17-5-6-19(25-12-11-23-14-25)22(17,2)8-7-18(16)21;1-15-8-10-21(2)16(14-15)4-5-17-18-6-7-20(25-13-12-23-24-25)22(18,3)11-9-19(17)21;1-21-9-7-16(25)13-15(21)3-4-17-18-5-6-20(24-12-11-23-14-24)22(18,2)10-8-19(17)21;1-20-9-7-15(25)13-14(20)3-4-16-17-5-6-19(24-12-11-22-23-24)21(17,2)10-8-18(16)20/h2*5-6,11-12,14-16,18H,3-4,7-10,13H2,1-2H3,(H,24,26);6-7,12-13,15-17,19H,4-5,8-11,14H2,1-3H3;5-6,11-12,14-15,17,19H,3-4,7-10,13H2,1-2H3;5-6,11-12,14-16,18,25H,3-4,7-10,13H2,1-2H3/t2*15-,16-,18-,21-,22-;15-,16-,17-,19-,21-,22-;15-,17-,19-,21-,22-;14-,15-,16-,18-,20-,21-/m00000/s1. The predicted octanol–water partition coefficient (Wildman–Crippen LogP) is 22.3. The summed E-state index contributed by atoms with van der Waals surface area (Å²) in [5.74, 6) is 12.8. The van der Waals surface area contributed by atoms with Gasteiger partial charge in [0.25, 0.3) is 0 Å². The first-order valence-electron chi connectivity index (χ1n) is 50.7. The summed E-state index contributed by atoms with van der Waals surface area (Å²) in [7, 11) is 0. The highest BCUT2D eigenvalue weighted by molar-refractivity contribution is 5.80. The molecule has 7 heterocycles. The van der Waals surface area contributed by atoms with Crippen LogP contribution in [0.3, 0.4) is 0 Å². The Bertz CT molecular complexity index is 5130. The maximum absolute atomic E-state index is 12.1. The van der Waals surface area contributed by atoms with E-state index in [1.165, 1.54) is 183 Å². The van der Waals surface area contributed by atoms with Crippen molar-refractivity contribution in [1.29, 1.82) is 0 Å². The molecule has 2 amide bonds. The molecule has 0 unspecified atom stereocenters.